The highest BCUT2D eigenvalue weighted by atomic mass is 35.5. The Morgan fingerprint density at radius 2 is 1.81 bits per heavy atom. The van der Waals surface area contributed by atoms with Crippen LogP contribution in [-0.4, -0.2) is 13.5 Å². The number of aliphatic hydroxyl groups is 1. The maximum absolute atomic E-state index is 12.2. The lowest BCUT2D eigenvalue weighted by Crippen LogP contribution is -2.23. The second-order valence-electron chi connectivity index (χ2n) is 4.72. The van der Waals surface area contributed by atoms with Gasteiger partial charge in [0.25, 0.3) is 0 Å². The molecule has 6 heteroatoms. The minimum atomic E-state index is -3.63. The molecule has 112 valence electrons. The summed E-state index contributed by atoms with van der Waals surface area (Å²) in [5, 5.41) is 9.27. The molecule has 2 rings (SSSR count). The first-order chi connectivity index (χ1) is 9.92. The first-order valence-corrected chi connectivity index (χ1v) is 8.23. The molecule has 2 aromatic rings. The number of hydrogen-bond acceptors (Lipinski definition) is 3. The lowest BCUT2D eigenvalue weighted by Gasteiger charge is -2.09. The molecule has 0 amide bonds. The standard InChI is InChI=1S/C15H16ClNO3S/c1-11-2-4-12(5-3-11)9-17-21(19,20)14-7-6-13(10-18)15(16)8-14/h2-8,17-18H,9-10H2,1H3. The van der Waals surface area contributed by atoms with Crippen LogP contribution in [0.5, 0.6) is 0 Å². The van der Waals surface area contributed by atoms with Crippen molar-refractivity contribution in [1.29, 1.82) is 0 Å². The summed E-state index contributed by atoms with van der Waals surface area (Å²) in [6.07, 6.45) is 0. The smallest absolute Gasteiger partial charge is 0.240 e. The van der Waals surface area contributed by atoms with Gasteiger partial charge in [-0.15, -0.1) is 0 Å². The topological polar surface area (TPSA) is 66.4 Å². The van der Waals surface area contributed by atoms with Crippen molar-refractivity contribution in [3.8, 4) is 0 Å². The van der Waals surface area contributed by atoms with Gasteiger partial charge in [0.15, 0.2) is 0 Å². The third-order valence-corrected chi connectivity index (χ3v) is 4.84. The number of aryl methyl sites for hydroxylation is 1. The molecular formula is C15H16ClNO3S. The van der Waals surface area contributed by atoms with Gasteiger partial charge in [-0.25, -0.2) is 13.1 Å². The molecule has 4 nitrogen and oxygen atoms in total. The number of benzene rings is 2. The zero-order valence-corrected chi connectivity index (χ0v) is 13.1. The maximum Gasteiger partial charge on any atom is 0.240 e. The number of hydrogen-bond donors (Lipinski definition) is 2. The van der Waals surface area contributed by atoms with Crippen LogP contribution in [0.1, 0.15) is 16.7 Å². The number of halogens is 1. The number of sulfonamides is 1. The van der Waals surface area contributed by atoms with Crippen molar-refractivity contribution in [3.05, 3.63) is 64.2 Å². The minimum absolute atomic E-state index is 0.0804. The molecule has 0 aromatic heterocycles. The molecule has 0 spiro atoms. The van der Waals surface area contributed by atoms with Crippen LogP contribution in [0.3, 0.4) is 0 Å². The average molecular weight is 326 g/mol. The Morgan fingerprint density at radius 1 is 1.14 bits per heavy atom. The fourth-order valence-corrected chi connectivity index (χ4v) is 3.14. The molecule has 0 saturated carbocycles. The molecule has 0 unspecified atom stereocenters. The third-order valence-electron chi connectivity index (χ3n) is 3.09. The van der Waals surface area contributed by atoms with E-state index in [1.807, 2.05) is 31.2 Å². The summed E-state index contributed by atoms with van der Waals surface area (Å²) in [5.41, 5.74) is 2.49. The van der Waals surface area contributed by atoms with Gasteiger partial charge in [-0.3, -0.25) is 0 Å². The van der Waals surface area contributed by atoms with E-state index >= 15 is 0 Å². The van der Waals surface area contributed by atoms with Crippen LogP contribution >= 0.6 is 11.6 Å². The highest BCUT2D eigenvalue weighted by Crippen LogP contribution is 2.21. The number of aliphatic hydroxyl groups excluding tert-OH is 1. The van der Waals surface area contributed by atoms with Crippen molar-refractivity contribution >= 4 is 21.6 Å². The van der Waals surface area contributed by atoms with Crippen molar-refractivity contribution in [2.75, 3.05) is 0 Å². The van der Waals surface area contributed by atoms with Crippen LogP contribution in [0.25, 0.3) is 0 Å². The highest BCUT2D eigenvalue weighted by Gasteiger charge is 2.15. The average Bonchev–Trinajstić information content (AvgIpc) is 2.46. The van der Waals surface area contributed by atoms with Crippen molar-refractivity contribution < 1.29 is 13.5 Å². The molecule has 21 heavy (non-hydrogen) atoms. The molecule has 0 atom stereocenters. The monoisotopic (exact) mass is 325 g/mol. The summed E-state index contributed by atoms with van der Waals surface area (Å²) in [6, 6.07) is 11.9. The summed E-state index contributed by atoms with van der Waals surface area (Å²) in [5.74, 6) is 0. The zero-order chi connectivity index (χ0) is 15.5. The Kier molecular flexibility index (Phi) is 5.00. The van der Waals surface area contributed by atoms with Crippen LogP contribution in [0.15, 0.2) is 47.4 Å². The minimum Gasteiger partial charge on any atom is -0.392 e. The molecule has 2 N–H and O–H groups in total. The van der Waals surface area contributed by atoms with Gasteiger partial charge in [0.05, 0.1) is 11.5 Å². The van der Waals surface area contributed by atoms with E-state index < -0.39 is 10.0 Å². The summed E-state index contributed by atoms with van der Waals surface area (Å²) in [7, 11) is -3.63. The lowest BCUT2D eigenvalue weighted by atomic mass is 10.2. The predicted octanol–water partition coefficient (Wildman–Crippen LogP) is 2.62. The molecule has 0 aliphatic carbocycles. The van der Waals surface area contributed by atoms with E-state index in [9.17, 15) is 8.42 Å². The highest BCUT2D eigenvalue weighted by molar-refractivity contribution is 7.89. The maximum atomic E-state index is 12.2. The molecule has 0 heterocycles. The normalized spacial score (nSPS) is 11.6. The Morgan fingerprint density at radius 3 is 2.38 bits per heavy atom. The Balaban J connectivity index is 2.14. The van der Waals surface area contributed by atoms with Gasteiger partial charge < -0.3 is 5.11 Å². The fourth-order valence-electron chi connectivity index (χ4n) is 1.79. The lowest BCUT2D eigenvalue weighted by molar-refractivity contribution is 0.282. The summed E-state index contributed by atoms with van der Waals surface area (Å²) >= 11 is 5.92. The van der Waals surface area contributed by atoms with Gasteiger partial charge in [-0.05, 0) is 30.2 Å². The van der Waals surface area contributed by atoms with Crippen LogP contribution < -0.4 is 4.72 Å². The predicted molar refractivity (Wildman–Crippen MR) is 82.6 cm³/mol. The SMILES string of the molecule is Cc1ccc(CNS(=O)(=O)c2ccc(CO)c(Cl)c2)cc1. The summed E-state index contributed by atoms with van der Waals surface area (Å²) in [4.78, 5) is 0.0804. The quantitative estimate of drug-likeness (QED) is 0.888. The number of rotatable bonds is 5. The van der Waals surface area contributed by atoms with Crippen molar-refractivity contribution in [1.82, 2.24) is 4.72 Å². The van der Waals surface area contributed by atoms with E-state index in [1.165, 1.54) is 18.2 Å². The first-order valence-electron chi connectivity index (χ1n) is 6.37. The first kappa shape index (κ1) is 16.0. The van der Waals surface area contributed by atoms with E-state index in [-0.39, 0.29) is 23.1 Å². The third kappa shape index (κ3) is 4.04. The van der Waals surface area contributed by atoms with E-state index in [1.54, 1.807) is 0 Å². The van der Waals surface area contributed by atoms with Crippen molar-refractivity contribution in [2.24, 2.45) is 0 Å². The zero-order valence-electron chi connectivity index (χ0n) is 11.5. The molecule has 0 saturated heterocycles. The molecular weight excluding hydrogens is 310 g/mol. The van der Waals surface area contributed by atoms with Crippen molar-refractivity contribution in [3.63, 3.8) is 0 Å². The molecule has 2 aromatic carbocycles. The van der Waals surface area contributed by atoms with E-state index in [2.05, 4.69) is 4.72 Å². The fraction of sp³-hybridized carbons (Fsp3) is 0.200. The van der Waals surface area contributed by atoms with Crippen molar-refractivity contribution in [2.45, 2.75) is 25.0 Å². The molecule has 0 aliphatic rings. The molecule has 0 bridgehead atoms. The van der Waals surface area contributed by atoms with Gasteiger partial charge in [-0.2, -0.15) is 0 Å². The van der Waals surface area contributed by atoms with Gasteiger partial charge in [0.2, 0.25) is 10.0 Å². The van der Waals surface area contributed by atoms with Gasteiger partial charge in [0, 0.05) is 11.6 Å². The van der Waals surface area contributed by atoms with Crippen LogP contribution in [-0.2, 0) is 23.2 Å². The number of nitrogens with one attached hydrogen (secondary N) is 1. The van der Waals surface area contributed by atoms with E-state index in [0.717, 1.165) is 11.1 Å². The molecule has 0 fully saturated rings. The Hall–Kier alpha value is -1.40. The second-order valence-corrected chi connectivity index (χ2v) is 6.90. The summed E-state index contributed by atoms with van der Waals surface area (Å²) < 4.78 is 26.9. The van der Waals surface area contributed by atoms with Gasteiger partial charge in [0.1, 0.15) is 0 Å². The van der Waals surface area contributed by atoms with Crippen LogP contribution in [0.4, 0.5) is 0 Å². The van der Waals surface area contributed by atoms with E-state index in [4.69, 9.17) is 16.7 Å². The van der Waals surface area contributed by atoms with Crippen LogP contribution in [0.2, 0.25) is 5.02 Å². The molecule has 0 aliphatic heterocycles. The Bertz CT molecular complexity index is 727. The van der Waals surface area contributed by atoms with Gasteiger partial charge >= 0.3 is 0 Å². The second kappa shape index (κ2) is 6.58. The van der Waals surface area contributed by atoms with E-state index in [0.29, 0.717) is 5.56 Å². The summed E-state index contributed by atoms with van der Waals surface area (Å²) in [6.45, 7) is 1.95. The van der Waals surface area contributed by atoms with Gasteiger partial charge in [-0.1, -0.05) is 47.5 Å². The Labute approximate surface area is 129 Å². The largest absolute Gasteiger partial charge is 0.392 e. The molecule has 0 radical (unpaired) electrons. The van der Waals surface area contributed by atoms with Crippen LogP contribution in [0, 0.1) is 6.92 Å².